The molecular formula is C18H19FN6O2. The largest absolute Gasteiger partial charge is 0.476 e. The van der Waals surface area contributed by atoms with Gasteiger partial charge in [-0.3, -0.25) is 5.32 Å². The molecule has 2 bridgehead atoms. The third-order valence-corrected chi connectivity index (χ3v) is 5.11. The number of hydrogen-bond donors (Lipinski definition) is 2. The van der Waals surface area contributed by atoms with Crippen molar-refractivity contribution in [2.75, 3.05) is 24.6 Å². The zero-order chi connectivity index (χ0) is 18.4. The molecule has 9 heteroatoms. The number of pyridine rings is 1. The standard InChI is InChI=1S/C18H19FN6O2/c19-11-8-12-14-2-1-5-24(14)15-3-6-25-16(23-15)13(10-22-25)17(26)20-4-7-27-18(12)21-9-11/h3,6,8-10,14,17,20,26H,1-2,4-5,7H2/t14-,17?/m1/s1. The average Bonchev–Trinajstić information content (AvgIpc) is 3.31. The minimum atomic E-state index is -0.912. The van der Waals surface area contributed by atoms with E-state index in [0.29, 0.717) is 30.2 Å². The molecule has 0 saturated carbocycles. The Morgan fingerprint density at radius 2 is 2.22 bits per heavy atom. The molecule has 8 nitrogen and oxygen atoms in total. The smallest absolute Gasteiger partial charge is 0.218 e. The molecule has 5 rings (SSSR count). The number of fused-ring (bicyclic) bond motifs is 5. The van der Waals surface area contributed by atoms with Gasteiger partial charge in [0.05, 0.1) is 24.0 Å². The van der Waals surface area contributed by atoms with Crippen molar-refractivity contribution < 1.29 is 14.2 Å². The lowest BCUT2D eigenvalue weighted by Gasteiger charge is -2.27. The van der Waals surface area contributed by atoms with Gasteiger partial charge in [-0.15, -0.1) is 0 Å². The SMILES string of the molecule is OC1NCCOc2ncc(F)cc2[C@H]2CCCN2c2ccn3ncc1c3n2. The molecule has 2 aliphatic rings. The van der Waals surface area contributed by atoms with Gasteiger partial charge in [0.2, 0.25) is 5.88 Å². The predicted molar refractivity (Wildman–Crippen MR) is 95.0 cm³/mol. The lowest BCUT2D eigenvalue weighted by atomic mass is 10.1. The number of nitrogens with one attached hydrogen (secondary N) is 1. The Balaban J connectivity index is 1.66. The fraction of sp³-hybridized carbons (Fsp3) is 0.389. The molecule has 0 radical (unpaired) electrons. The molecule has 0 aromatic carbocycles. The minimum Gasteiger partial charge on any atom is -0.476 e. The molecule has 1 unspecified atom stereocenters. The van der Waals surface area contributed by atoms with Crippen molar-refractivity contribution >= 4 is 11.5 Å². The van der Waals surface area contributed by atoms with Gasteiger partial charge in [0.25, 0.3) is 0 Å². The van der Waals surface area contributed by atoms with Crippen molar-refractivity contribution in [1.29, 1.82) is 0 Å². The molecule has 5 heterocycles. The van der Waals surface area contributed by atoms with Crippen LogP contribution in [0.4, 0.5) is 10.2 Å². The number of aliphatic hydroxyl groups excluding tert-OH is 1. The Kier molecular flexibility index (Phi) is 3.91. The molecule has 1 fully saturated rings. The molecule has 140 valence electrons. The van der Waals surface area contributed by atoms with E-state index in [1.54, 1.807) is 10.7 Å². The maximum absolute atomic E-state index is 13.9. The molecule has 2 aliphatic heterocycles. The first kappa shape index (κ1) is 16.4. The second kappa shape index (κ2) is 6.43. The number of aliphatic hydroxyl groups is 1. The maximum Gasteiger partial charge on any atom is 0.218 e. The second-order valence-corrected chi connectivity index (χ2v) is 6.76. The van der Waals surface area contributed by atoms with Crippen LogP contribution in [0.1, 0.15) is 36.2 Å². The topological polar surface area (TPSA) is 87.8 Å². The van der Waals surface area contributed by atoms with Crippen molar-refractivity contribution in [2.45, 2.75) is 25.1 Å². The van der Waals surface area contributed by atoms with Crippen LogP contribution in [0.15, 0.2) is 30.7 Å². The molecule has 3 aromatic rings. The van der Waals surface area contributed by atoms with Crippen molar-refractivity contribution in [3.63, 3.8) is 0 Å². The summed E-state index contributed by atoms with van der Waals surface area (Å²) in [6, 6.07) is 3.31. The zero-order valence-corrected chi connectivity index (χ0v) is 14.5. The van der Waals surface area contributed by atoms with Crippen LogP contribution in [0, 0.1) is 5.82 Å². The zero-order valence-electron chi connectivity index (χ0n) is 14.5. The first-order valence-electron chi connectivity index (χ1n) is 9.01. The number of aromatic nitrogens is 4. The van der Waals surface area contributed by atoms with Gasteiger partial charge < -0.3 is 14.7 Å². The van der Waals surface area contributed by atoms with Crippen molar-refractivity contribution in [2.24, 2.45) is 0 Å². The molecule has 0 aliphatic carbocycles. The normalized spacial score (nSPS) is 22.5. The van der Waals surface area contributed by atoms with E-state index in [0.717, 1.165) is 30.8 Å². The summed E-state index contributed by atoms with van der Waals surface area (Å²) in [5.41, 5.74) is 1.92. The van der Waals surface area contributed by atoms with Crippen LogP contribution in [-0.4, -0.2) is 44.4 Å². The van der Waals surface area contributed by atoms with Gasteiger partial charge in [-0.05, 0) is 25.0 Å². The third-order valence-electron chi connectivity index (χ3n) is 5.11. The second-order valence-electron chi connectivity index (χ2n) is 6.76. The molecule has 27 heavy (non-hydrogen) atoms. The predicted octanol–water partition coefficient (Wildman–Crippen LogP) is 1.58. The Bertz CT molecular complexity index is 993. The van der Waals surface area contributed by atoms with Crippen molar-refractivity contribution in [3.05, 3.63) is 47.7 Å². The molecular weight excluding hydrogens is 351 g/mol. The highest BCUT2D eigenvalue weighted by Crippen LogP contribution is 2.39. The number of nitrogens with zero attached hydrogens (tertiary/aromatic N) is 5. The summed E-state index contributed by atoms with van der Waals surface area (Å²) in [7, 11) is 0. The van der Waals surface area contributed by atoms with E-state index in [9.17, 15) is 9.50 Å². The van der Waals surface area contributed by atoms with E-state index < -0.39 is 6.23 Å². The third kappa shape index (κ3) is 2.79. The van der Waals surface area contributed by atoms with Crippen LogP contribution < -0.4 is 15.0 Å². The van der Waals surface area contributed by atoms with E-state index >= 15 is 0 Å². The van der Waals surface area contributed by atoms with Gasteiger partial charge in [-0.2, -0.15) is 5.10 Å². The van der Waals surface area contributed by atoms with Crippen LogP contribution in [0.25, 0.3) is 5.65 Å². The Morgan fingerprint density at radius 1 is 1.30 bits per heavy atom. The fourth-order valence-electron chi connectivity index (χ4n) is 3.85. The molecule has 0 amide bonds. The van der Waals surface area contributed by atoms with Crippen LogP contribution >= 0.6 is 0 Å². The first-order valence-corrected chi connectivity index (χ1v) is 9.01. The summed E-state index contributed by atoms with van der Waals surface area (Å²) in [5.74, 6) is 0.796. The monoisotopic (exact) mass is 370 g/mol. The van der Waals surface area contributed by atoms with E-state index in [4.69, 9.17) is 9.72 Å². The summed E-state index contributed by atoms with van der Waals surface area (Å²) >= 11 is 0. The van der Waals surface area contributed by atoms with Crippen LogP contribution in [-0.2, 0) is 0 Å². The van der Waals surface area contributed by atoms with Gasteiger partial charge in [-0.25, -0.2) is 18.9 Å². The number of rotatable bonds is 0. The van der Waals surface area contributed by atoms with Gasteiger partial charge in [0, 0.05) is 24.8 Å². The Hall–Kier alpha value is -2.78. The molecule has 1 saturated heterocycles. The van der Waals surface area contributed by atoms with E-state index in [2.05, 4.69) is 20.3 Å². The Morgan fingerprint density at radius 3 is 3.15 bits per heavy atom. The average molecular weight is 370 g/mol. The van der Waals surface area contributed by atoms with E-state index in [1.807, 2.05) is 12.3 Å². The number of anilines is 1. The summed E-state index contributed by atoms with van der Waals surface area (Å²) in [6.07, 6.45) is 5.51. The summed E-state index contributed by atoms with van der Waals surface area (Å²) in [5, 5.41) is 17.7. The molecule has 2 atom stereocenters. The van der Waals surface area contributed by atoms with Crippen LogP contribution in [0.2, 0.25) is 0 Å². The van der Waals surface area contributed by atoms with Gasteiger partial charge in [-0.1, -0.05) is 0 Å². The molecule has 2 N–H and O–H groups in total. The summed E-state index contributed by atoms with van der Waals surface area (Å²) in [6.45, 7) is 1.49. The van der Waals surface area contributed by atoms with Crippen LogP contribution in [0.3, 0.4) is 0 Å². The summed E-state index contributed by atoms with van der Waals surface area (Å²) < 4.78 is 21.4. The number of halogens is 1. The highest BCUT2D eigenvalue weighted by Gasteiger charge is 2.31. The fourth-order valence-corrected chi connectivity index (χ4v) is 3.85. The quantitative estimate of drug-likeness (QED) is 0.621. The van der Waals surface area contributed by atoms with Crippen LogP contribution in [0.5, 0.6) is 5.88 Å². The Labute approximate surface area is 154 Å². The molecule has 0 spiro atoms. The highest BCUT2D eigenvalue weighted by atomic mass is 19.1. The van der Waals surface area contributed by atoms with Crippen molar-refractivity contribution in [1.82, 2.24) is 24.9 Å². The first-order chi connectivity index (χ1) is 13.2. The lowest BCUT2D eigenvalue weighted by molar-refractivity contribution is 0.132. The van der Waals surface area contributed by atoms with Gasteiger partial charge in [0.15, 0.2) is 5.65 Å². The number of hydrogen-bond acceptors (Lipinski definition) is 7. The van der Waals surface area contributed by atoms with E-state index in [-0.39, 0.29) is 11.9 Å². The maximum atomic E-state index is 13.9. The van der Waals surface area contributed by atoms with E-state index in [1.165, 1.54) is 12.3 Å². The summed E-state index contributed by atoms with van der Waals surface area (Å²) in [4.78, 5) is 11.0. The van der Waals surface area contributed by atoms with Gasteiger partial charge >= 0.3 is 0 Å². The molecule has 3 aromatic heterocycles. The lowest BCUT2D eigenvalue weighted by Crippen LogP contribution is -2.26. The highest BCUT2D eigenvalue weighted by molar-refractivity contribution is 5.55. The van der Waals surface area contributed by atoms with Crippen molar-refractivity contribution in [3.8, 4) is 5.88 Å². The minimum absolute atomic E-state index is 0.0665. The number of ether oxygens (including phenoxy) is 1. The van der Waals surface area contributed by atoms with Gasteiger partial charge in [0.1, 0.15) is 24.5 Å².